The summed E-state index contributed by atoms with van der Waals surface area (Å²) in [6, 6.07) is 2.24. The van der Waals surface area contributed by atoms with Crippen molar-refractivity contribution in [1.82, 2.24) is 0 Å². The predicted octanol–water partition coefficient (Wildman–Crippen LogP) is 5.93. The first-order chi connectivity index (χ1) is 7.58. The molecule has 1 aliphatic rings. The monoisotopic (exact) mass is 320 g/mol. The third kappa shape index (κ3) is 2.83. The van der Waals surface area contributed by atoms with Crippen molar-refractivity contribution in [1.29, 1.82) is 0 Å². The first-order valence-electron chi connectivity index (χ1n) is 5.98. The second kappa shape index (κ2) is 5.41. The highest BCUT2D eigenvalue weighted by atomic mass is 79.9. The standard InChI is InChI=1S/C13H18BrClS/c1-8-3-5-10(6-4-8)12(15)11-7-9(2)13(14)16-11/h7-8,10,12H,3-6H2,1-2H3. The summed E-state index contributed by atoms with van der Waals surface area (Å²) in [7, 11) is 0. The van der Waals surface area contributed by atoms with E-state index in [1.165, 1.54) is 39.9 Å². The van der Waals surface area contributed by atoms with E-state index in [-0.39, 0.29) is 5.38 Å². The second-order valence-electron chi connectivity index (χ2n) is 5.03. The minimum Gasteiger partial charge on any atom is -0.131 e. The van der Waals surface area contributed by atoms with Crippen LogP contribution < -0.4 is 0 Å². The molecule has 0 N–H and O–H groups in total. The van der Waals surface area contributed by atoms with Crippen LogP contribution in [0.5, 0.6) is 0 Å². The topological polar surface area (TPSA) is 0 Å². The van der Waals surface area contributed by atoms with Crippen LogP contribution in [-0.2, 0) is 0 Å². The van der Waals surface area contributed by atoms with Gasteiger partial charge in [0.05, 0.1) is 9.16 Å². The van der Waals surface area contributed by atoms with Crippen molar-refractivity contribution in [3.63, 3.8) is 0 Å². The van der Waals surface area contributed by atoms with Crippen LogP contribution in [0.15, 0.2) is 9.85 Å². The molecule has 90 valence electrons. The Hall–Kier alpha value is 0.470. The number of aryl methyl sites for hydroxylation is 1. The summed E-state index contributed by atoms with van der Waals surface area (Å²) in [5.74, 6) is 1.58. The van der Waals surface area contributed by atoms with Gasteiger partial charge in [0.2, 0.25) is 0 Å². The zero-order chi connectivity index (χ0) is 11.7. The van der Waals surface area contributed by atoms with Crippen molar-refractivity contribution in [2.75, 3.05) is 0 Å². The van der Waals surface area contributed by atoms with E-state index in [0.717, 1.165) is 5.92 Å². The molecule has 1 aromatic heterocycles. The van der Waals surface area contributed by atoms with Gasteiger partial charge in [-0.3, -0.25) is 0 Å². The Morgan fingerprint density at radius 1 is 1.38 bits per heavy atom. The fraction of sp³-hybridized carbons (Fsp3) is 0.692. The van der Waals surface area contributed by atoms with Crippen molar-refractivity contribution in [2.24, 2.45) is 11.8 Å². The minimum atomic E-state index is 0.225. The lowest BCUT2D eigenvalue weighted by Crippen LogP contribution is -2.15. The molecule has 2 rings (SSSR count). The Balaban J connectivity index is 2.04. The van der Waals surface area contributed by atoms with E-state index in [1.54, 1.807) is 11.3 Å². The molecule has 1 fully saturated rings. The number of hydrogen-bond donors (Lipinski definition) is 0. The van der Waals surface area contributed by atoms with Crippen molar-refractivity contribution in [2.45, 2.75) is 44.9 Å². The summed E-state index contributed by atoms with van der Waals surface area (Å²) in [5.41, 5.74) is 1.31. The van der Waals surface area contributed by atoms with E-state index in [2.05, 4.69) is 35.8 Å². The minimum absolute atomic E-state index is 0.225. The quantitative estimate of drug-likeness (QED) is 0.593. The molecule has 0 nitrogen and oxygen atoms in total. The third-order valence-electron chi connectivity index (χ3n) is 3.62. The van der Waals surface area contributed by atoms with Gasteiger partial charge in [0.25, 0.3) is 0 Å². The summed E-state index contributed by atoms with van der Waals surface area (Å²) in [4.78, 5) is 1.34. The summed E-state index contributed by atoms with van der Waals surface area (Å²) in [5, 5.41) is 0.225. The first kappa shape index (κ1) is 12.9. The van der Waals surface area contributed by atoms with Gasteiger partial charge in [-0.15, -0.1) is 22.9 Å². The van der Waals surface area contributed by atoms with E-state index in [9.17, 15) is 0 Å². The molecule has 1 aromatic rings. The smallest absolute Gasteiger partial charge is 0.0731 e. The van der Waals surface area contributed by atoms with Crippen LogP contribution >= 0.6 is 38.9 Å². The molecule has 1 atom stereocenters. The molecular weight excluding hydrogens is 304 g/mol. The largest absolute Gasteiger partial charge is 0.131 e. The molecule has 16 heavy (non-hydrogen) atoms. The van der Waals surface area contributed by atoms with E-state index < -0.39 is 0 Å². The summed E-state index contributed by atoms with van der Waals surface area (Å²) < 4.78 is 1.23. The molecular formula is C13H18BrClS. The maximum absolute atomic E-state index is 6.61. The number of hydrogen-bond acceptors (Lipinski definition) is 1. The molecule has 0 aliphatic heterocycles. The van der Waals surface area contributed by atoms with Gasteiger partial charge in [-0.05, 0) is 59.2 Å². The van der Waals surface area contributed by atoms with Crippen molar-refractivity contribution < 1.29 is 0 Å². The molecule has 0 saturated heterocycles. The lowest BCUT2D eigenvalue weighted by Gasteiger charge is -2.29. The zero-order valence-electron chi connectivity index (χ0n) is 9.80. The predicted molar refractivity (Wildman–Crippen MR) is 76.5 cm³/mol. The average molecular weight is 322 g/mol. The van der Waals surface area contributed by atoms with E-state index in [4.69, 9.17) is 11.6 Å². The lowest BCUT2D eigenvalue weighted by molar-refractivity contribution is 0.284. The fourth-order valence-corrected chi connectivity index (χ4v) is 4.52. The molecule has 0 aromatic carbocycles. The molecule has 1 unspecified atom stereocenters. The number of alkyl halides is 1. The van der Waals surface area contributed by atoms with Crippen LogP contribution in [0, 0.1) is 18.8 Å². The lowest BCUT2D eigenvalue weighted by atomic mass is 9.81. The van der Waals surface area contributed by atoms with E-state index in [0.29, 0.717) is 5.92 Å². The van der Waals surface area contributed by atoms with Gasteiger partial charge in [-0.1, -0.05) is 19.8 Å². The highest BCUT2D eigenvalue weighted by Crippen LogP contribution is 2.44. The van der Waals surface area contributed by atoms with Crippen molar-refractivity contribution in [3.05, 3.63) is 20.3 Å². The zero-order valence-corrected chi connectivity index (χ0v) is 13.0. The van der Waals surface area contributed by atoms with Crippen LogP contribution in [0.3, 0.4) is 0 Å². The van der Waals surface area contributed by atoms with Gasteiger partial charge in [0.1, 0.15) is 0 Å². The van der Waals surface area contributed by atoms with Crippen LogP contribution in [0.1, 0.15) is 48.4 Å². The summed E-state index contributed by atoms with van der Waals surface area (Å²) in [6.07, 6.45) is 5.28. The van der Waals surface area contributed by atoms with Crippen LogP contribution in [0.25, 0.3) is 0 Å². The van der Waals surface area contributed by atoms with Gasteiger partial charge in [0.15, 0.2) is 0 Å². The Morgan fingerprint density at radius 3 is 2.50 bits per heavy atom. The highest BCUT2D eigenvalue weighted by molar-refractivity contribution is 9.11. The molecule has 0 radical (unpaired) electrons. The van der Waals surface area contributed by atoms with E-state index in [1.807, 2.05) is 0 Å². The number of rotatable bonds is 2. The van der Waals surface area contributed by atoms with Gasteiger partial charge < -0.3 is 0 Å². The van der Waals surface area contributed by atoms with Crippen LogP contribution in [0.4, 0.5) is 0 Å². The van der Waals surface area contributed by atoms with Crippen LogP contribution in [-0.4, -0.2) is 0 Å². The Morgan fingerprint density at radius 2 is 2.00 bits per heavy atom. The SMILES string of the molecule is Cc1cc(C(Cl)C2CCC(C)CC2)sc1Br. The number of thiophene rings is 1. The molecule has 0 spiro atoms. The Bertz CT molecular complexity index is 333. The normalized spacial score (nSPS) is 28.0. The average Bonchev–Trinajstić information content (AvgIpc) is 2.59. The first-order valence-corrected chi connectivity index (χ1v) is 8.02. The van der Waals surface area contributed by atoms with Gasteiger partial charge >= 0.3 is 0 Å². The van der Waals surface area contributed by atoms with Crippen LogP contribution in [0.2, 0.25) is 0 Å². The maximum Gasteiger partial charge on any atom is 0.0731 e. The highest BCUT2D eigenvalue weighted by Gasteiger charge is 2.27. The molecule has 1 saturated carbocycles. The van der Waals surface area contributed by atoms with Gasteiger partial charge in [-0.25, -0.2) is 0 Å². The number of halogens is 2. The maximum atomic E-state index is 6.61. The molecule has 3 heteroatoms. The molecule has 1 aliphatic carbocycles. The fourth-order valence-electron chi connectivity index (χ4n) is 2.43. The summed E-state index contributed by atoms with van der Waals surface area (Å²) >= 11 is 12.0. The molecule has 1 heterocycles. The Labute approximate surface area is 116 Å². The van der Waals surface area contributed by atoms with Crippen molar-refractivity contribution in [3.8, 4) is 0 Å². The van der Waals surface area contributed by atoms with Gasteiger partial charge in [-0.2, -0.15) is 0 Å². The van der Waals surface area contributed by atoms with Crippen molar-refractivity contribution >= 4 is 38.9 Å². The van der Waals surface area contributed by atoms with E-state index >= 15 is 0 Å². The summed E-state index contributed by atoms with van der Waals surface area (Å²) in [6.45, 7) is 4.49. The third-order valence-corrected chi connectivity index (χ3v) is 6.56. The second-order valence-corrected chi connectivity index (χ2v) is 7.90. The van der Waals surface area contributed by atoms with Gasteiger partial charge in [0, 0.05) is 4.88 Å². The molecule has 0 amide bonds. The Kier molecular flexibility index (Phi) is 4.37. The molecule has 0 bridgehead atoms.